The molecule has 0 atom stereocenters. The van der Waals surface area contributed by atoms with Crippen LogP contribution in [0.2, 0.25) is 18.1 Å². The van der Waals surface area contributed by atoms with Gasteiger partial charge in [-0.25, -0.2) is 14.5 Å². The van der Waals surface area contributed by atoms with Crippen molar-refractivity contribution in [2.24, 2.45) is 5.41 Å². The number of nitrogens with zero attached hydrogens (tertiary/aromatic N) is 1. The van der Waals surface area contributed by atoms with Crippen molar-refractivity contribution in [2.45, 2.75) is 118 Å². The number of rotatable bonds is 7. The molecule has 0 saturated heterocycles. The Morgan fingerprint density at radius 1 is 0.767 bits per heavy atom. The zero-order valence-electron chi connectivity index (χ0n) is 21.8. The summed E-state index contributed by atoms with van der Waals surface area (Å²) in [7, 11) is -1.78. The second-order valence-electron chi connectivity index (χ2n) is 12.4. The molecular weight excluding hydrogens is 398 g/mol. The van der Waals surface area contributed by atoms with Crippen LogP contribution in [-0.2, 0) is 13.9 Å². The Hall–Kier alpha value is -1.08. The molecule has 0 spiro atoms. The molecule has 0 saturated carbocycles. The van der Waals surface area contributed by atoms with Gasteiger partial charge in [0.2, 0.25) is 0 Å². The quantitative estimate of drug-likeness (QED) is 0.312. The van der Waals surface area contributed by atoms with E-state index in [0.29, 0.717) is 6.61 Å². The summed E-state index contributed by atoms with van der Waals surface area (Å²) < 4.78 is 17.2. The summed E-state index contributed by atoms with van der Waals surface area (Å²) in [6.45, 7) is 26.8. The van der Waals surface area contributed by atoms with E-state index in [1.165, 1.54) is 0 Å². The number of carbonyl (C=O) groups excluding carboxylic acids is 2. The monoisotopic (exact) mass is 445 g/mol. The Labute approximate surface area is 186 Å². The Morgan fingerprint density at radius 2 is 1.17 bits per heavy atom. The van der Waals surface area contributed by atoms with Crippen LogP contribution in [0.5, 0.6) is 0 Å². The molecule has 0 aliphatic carbocycles. The van der Waals surface area contributed by atoms with E-state index in [2.05, 4.69) is 33.9 Å². The summed E-state index contributed by atoms with van der Waals surface area (Å²) in [5, 5.41) is 0.173. The maximum Gasteiger partial charge on any atom is 0.419 e. The first kappa shape index (κ1) is 28.9. The highest BCUT2D eigenvalue weighted by Gasteiger charge is 2.38. The lowest BCUT2D eigenvalue weighted by molar-refractivity contribution is -0.00600. The fourth-order valence-electron chi connectivity index (χ4n) is 2.44. The topological polar surface area (TPSA) is 65.1 Å². The van der Waals surface area contributed by atoms with Crippen LogP contribution in [-0.4, -0.2) is 49.8 Å². The van der Waals surface area contributed by atoms with Gasteiger partial charge in [-0.3, -0.25) is 0 Å². The van der Waals surface area contributed by atoms with Crippen LogP contribution < -0.4 is 0 Å². The van der Waals surface area contributed by atoms with Crippen molar-refractivity contribution >= 4 is 20.5 Å². The Morgan fingerprint density at radius 3 is 1.50 bits per heavy atom. The predicted molar refractivity (Wildman–Crippen MR) is 125 cm³/mol. The van der Waals surface area contributed by atoms with E-state index >= 15 is 0 Å². The molecule has 0 aliphatic rings. The van der Waals surface area contributed by atoms with E-state index in [0.717, 1.165) is 17.7 Å². The van der Waals surface area contributed by atoms with Crippen LogP contribution in [0.3, 0.4) is 0 Å². The fraction of sp³-hybridized carbons (Fsp3) is 0.913. The molecule has 7 heteroatoms. The van der Waals surface area contributed by atoms with Crippen molar-refractivity contribution in [3.8, 4) is 0 Å². The molecule has 2 amide bonds. The molecule has 30 heavy (non-hydrogen) atoms. The number of carbonyl (C=O) groups is 2. The summed E-state index contributed by atoms with van der Waals surface area (Å²) in [5.41, 5.74) is -1.69. The van der Waals surface area contributed by atoms with Gasteiger partial charge >= 0.3 is 12.2 Å². The van der Waals surface area contributed by atoms with Gasteiger partial charge in [0.05, 0.1) is 0 Å². The van der Waals surface area contributed by atoms with E-state index in [9.17, 15) is 9.59 Å². The largest absolute Gasteiger partial charge is 0.443 e. The van der Waals surface area contributed by atoms with Crippen molar-refractivity contribution in [2.75, 3.05) is 13.2 Å². The number of hydrogen-bond acceptors (Lipinski definition) is 5. The molecule has 0 heterocycles. The zero-order valence-corrected chi connectivity index (χ0v) is 22.8. The molecule has 0 aromatic heterocycles. The number of amides is 2. The van der Waals surface area contributed by atoms with Crippen LogP contribution in [0.1, 0.15) is 89.0 Å². The minimum atomic E-state index is -1.78. The summed E-state index contributed by atoms with van der Waals surface area (Å²) in [6, 6.07) is 0. The first-order valence-corrected chi connectivity index (χ1v) is 13.8. The smallest absolute Gasteiger partial charge is 0.419 e. The van der Waals surface area contributed by atoms with Crippen LogP contribution >= 0.6 is 0 Å². The average molecular weight is 446 g/mol. The van der Waals surface area contributed by atoms with Gasteiger partial charge in [0.1, 0.15) is 11.2 Å². The third-order valence-electron chi connectivity index (χ3n) is 5.08. The van der Waals surface area contributed by atoms with E-state index in [-0.39, 0.29) is 17.0 Å². The minimum Gasteiger partial charge on any atom is -0.443 e. The number of hydrogen-bond donors (Lipinski definition) is 0. The van der Waals surface area contributed by atoms with E-state index in [4.69, 9.17) is 13.9 Å². The summed E-state index contributed by atoms with van der Waals surface area (Å²) in [6.07, 6.45) is 0.310. The molecule has 0 bridgehead atoms. The lowest BCUT2D eigenvalue weighted by Gasteiger charge is -2.37. The fourth-order valence-corrected chi connectivity index (χ4v) is 3.53. The summed E-state index contributed by atoms with van der Waals surface area (Å²) >= 11 is 0. The van der Waals surface area contributed by atoms with Crippen molar-refractivity contribution in [1.82, 2.24) is 4.90 Å². The lowest BCUT2D eigenvalue weighted by Crippen LogP contribution is -2.47. The van der Waals surface area contributed by atoms with Crippen molar-refractivity contribution in [1.29, 1.82) is 0 Å². The molecule has 0 radical (unpaired) electrons. The van der Waals surface area contributed by atoms with Gasteiger partial charge in [-0.15, -0.1) is 0 Å². The van der Waals surface area contributed by atoms with Crippen LogP contribution in [0, 0.1) is 5.41 Å². The van der Waals surface area contributed by atoms with E-state index in [1.807, 2.05) is 13.8 Å². The van der Waals surface area contributed by atoms with E-state index in [1.54, 1.807) is 41.5 Å². The SMILES string of the molecule is CC(C)(CCCO[Si](C)(C)C(C)(C)C)CN(C(=O)OC(C)(C)C)C(=O)OC(C)(C)C. The highest BCUT2D eigenvalue weighted by atomic mass is 28.4. The highest BCUT2D eigenvalue weighted by Crippen LogP contribution is 2.37. The van der Waals surface area contributed by atoms with Gasteiger partial charge in [-0.05, 0) is 77.9 Å². The van der Waals surface area contributed by atoms with Gasteiger partial charge in [0.15, 0.2) is 8.32 Å². The van der Waals surface area contributed by atoms with Crippen molar-refractivity contribution in [3.05, 3.63) is 0 Å². The molecule has 0 aromatic carbocycles. The van der Waals surface area contributed by atoms with Crippen LogP contribution in [0.15, 0.2) is 0 Å². The molecule has 0 unspecified atom stereocenters. The molecular formula is C23H47NO5Si. The highest BCUT2D eigenvalue weighted by molar-refractivity contribution is 6.74. The van der Waals surface area contributed by atoms with Crippen molar-refractivity contribution < 1.29 is 23.5 Å². The molecule has 178 valence electrons. The van der Waals surface area contributed by atoms with E-state index < -0.39 is 31.7 Å². The second-order valence-corrected chi connectivity index (χ2v) is 17.2. The summed E-state index contributed by atoms with van der Waals surface area (Å²) in [4.78, 5) is 26.5. The van der Waals surface area contributed by atoms with Gasteiger partial charge in [0.25, 0.3) is 0 Å². The maximum atomic E-state index is 12.7. The first-order valence-electron chi connectivity index (χ1n) is 10.9. The third kappa shape index (κ3) is 11.3. The first-order chi connectivity index (χ1) is 13.1. The Balaban J connectivity index is 5.13. The summed E-state index contributed by atoms with van der Waals surface area (Å²) in [5.74, 6) is 0. The van der Waals surface area contributed by atoms with Crippen molar-refractivity contribution in [3.63, 3.8) is 0 Å². The maximum absolute atomic E-state index is 12.7. The van der Waals surface area contributed by atoms with Gasteiger partial charge in [-0.2, -0.15) is 0 Å². The second kappa shape index (κ2) is 10.0. The van der Waals surface area contributed by atoms with Gasteiger partial charge < -0.3 is 13.9 Å². The normalized spacial score (nSPS) is 13.8. The van der Waals surface area contributed by atoms with Gasteiger partial charge in [0, 0.05) is 13.2 Å². The molecule has 0 N–H and O–H groups in total. The van der Waals surface area contributed by atoms with Gasteiger partial charge in [-0.1, -0.05) is 34.6 Å². The Kier molecular flexibility index (Phi) is 9.66. The molecule has 6 nitrogen and oxygen atoms in total. The molecule has 0 aromatic rings. The Bertz CT molecular complexity index is 552. The number of ether oxygens (including phenoxy) is 2. The minimum absolute atomic E-state index is 0.173. The third-order valence-corrected chi connectivity index (χ3v) is 9.62. The van der Waals surface area contributed by atoms with Crippen LogP contribution in [0.4, 0.5) is 9.59 Å². The lowest BCUT2D eigenvalue weighted by atomic mass is 9.87. The standard InChI is InChI=1S/C23H47NO5Si/c1-20(2,3)28-18(25)24(19(26)29-21(4,5)6)17-23(10,11)15-14-16-27-30(12,13)22(7,8)9/h14-17H2,1-13H3. The van der Waals surface area contributed by atoms with Crippen LogP contribution in [0.25, 0.3) is 0 Å². The molecule has 0 fully saturated rings. The average Bonchev–Trinajstić information content (AvgIpc) is 2.44. The molecule has 0 rings (SSSR count). The number of imide groups is 1. The molecule has 0 aliphatic heterocycles. The zero-order chi connectivity index (χ0) is 24.2. The predicted octanol–water partition coefficient (Wildman–Crippen LogP) is 6.99.